The second kappa shape index (κ2) is 8.75. The number of rotatable bonds is 6. The largest absolute Gasteiger partial charge is 0.492 e. The fraction of sp³-hybridized carbons (Fsp3) is 0.238. The van der Waals surface area contributed by atoms with Crippen molar-refractivity contribution in [3.05, 3.63) is 57.7 Å². The average Bonchev–Trinajstić information content (AvgIpc) is 2.95. The first-order valence-corrected chi connectivity index (χ1v) is 10.1. The summed E-state index contributed by atoms with van der Waals surface area (Å²) in [6.07, 6.45) is 2.64. The molecule has 0 bridgehead atoms. The van der Waals surface area contributed by atoms with E-state index in [1.165, 1.54) is 4.90 Å². The van der Waals surface area contributed by atoms with Crippen LogP contribution < -0.4 is 19.7 Å². The predicted molar refractivity (Wildman–Crippen MR) is 119 cm³/mol. The van der Waals surface area contributed by atoms with Crippen LogP contribution in [0.25, 0.3) is 6.08 Å². The molecule has 1 heterocycles. The number of methoxy groups -OCH3 is 1. The SMILES string of the molecule is CCOc1cc(/C=C2\NC(=S)N(c3cccc(CC)c3)C2=O)cc(Br)c1OC. The van der Waals surface area contributed by atoms with Gasteiger partial charge in [-0.2, -0.15) is 0 Å². The maximum atomic E-state index is 13.0. The lowest BCUT2D eigenvalue weighted by atomic mass is 10.1. The van der Waals surface area contributed by atoms with E-state index in [4.69, 9.17) is 21.7 Å². The molecule has 1 aliphatic heterocycles. The highest BCUT2D eigenvalue weighted by atomic mass is 79.9. The molecule has 0 saturated carbocycles. The lowest BCUT2D eigenvalue weighted by Crippen LogP contribution is -2.30. The minimum absolute atomic E-state index is 0.192. The minimum Gasteiger partial charge on any atom is -0.492 e. The third-order valence-corrected chi connectivity index (χ3v) is 5.18. The highest BCUT2D eigenvalue weighted by Gasteiger charge is 2.32. The Kier molecular flexibility index (Phi) is 6.36. The van der Waals surface area contributed by atoms with Gasteiger partial charge in [-0.1, -0.05) is 19.1 Å². The molecule has 0 aromatic heterocycles. The zero-order valence-corrected chi connectivity index (χ0v) is 18.3. The fourth-order valence-electron chi connectivity index (χ4n) is 2.98. The third-order valence-electron chi connectivity index (χ3n) is 4.30. The number of halogens is 1. The Morgan fingerprint density at radius 1 is 1.25 bits per heavy atom. The van der Waals surface area contributed by atoms with E-state index in [1.807, 2.05) is 43.3 Å². The molecule has 1 N–H and O–H groups in total. The molecule has 3 rings (SSSR count). The summed E-state index contributed by atoms with van der Waals surface area (Å²) >= 11 is 8.90. The summed E-state index contributed by atoms with van der Waals surface area (Å²) in [5.41, 5.74) is 3.10. The standard InChI is InChI=1S/C21H21BrN2O3S/c1-4-13-7-6-8-15(9-13)24-20(25)17(23-21(24)28)11-14-10-16(22)19(26-3)18(12-14)27-5-2/h6-12H,4-5H2,1-3H3,(H,23,28)/b17-11-. The summed E-state index contributed by atoms with van der Waals surface area (Å²) in [6.45, 7) is 4.48. The van der Waals surface area contributed by atoms with E-state index in [-0.39, 0.29) is 5.91 Å². The van der Waals surface area contributed by atoms with Crippen LogP contribution in [0.2, 0.25) is 0 Å². The molecule has 2 aromatic rings. The zero-order chi connectivity index (χ0) is 20.3. The number of nitrogens with zero attached hydrogens (tertiary/aromatic N) is 1. The van der Waals surface area contributed by atoms with E-state index in [1.54, 1.807) is 13.2 Å². The molecule has 1 saturated heterocycles. The maximum absolute atomic E-state index is 13.0. The van der Waals surface area contributed by atoms with Gasteiger partial charge in [-0.05, 0) is 83.0 Å². The maximum Gasteiger partial charge on any atom is 0.281 e. The lowest BCUT2D eigenvalue weighted by molar-refractivity contribution is -0.113. The van der Waals surface area contributed by atoms with Crippen molar-refractivity contribution in [3.8, 4) is 11.5 Å². The molecule has 5 nitrogen and oxygen atoms in total. The first-order chi connectivity index (χ1) is 13.5. The molecule has 28 heavy (non-hydrogen) atoms. The van der Waals surface area contributed by atoms with E-state index in [0.29, 0.717) is 28.9 Å². The summed E-state index contributed by atoms with van der Waals surface area (Å²) in [5, 5.41) is 3.38. The van der Waals surface area contributed by atoms with Crippen LogP contribution in [0.5, 0.6) is 11.5 Å². The minimum atomic E-state index is -0.192. The highest BCUT2D eigenvalue weighted by Crippen LogP contribution is 2.37. The van der Waals surface area contributed by atoms with Crippen LogP contribution in [0.3, 0.4) is 0 Å². The molecule has 7 heteroatoms. The first kappa shape index (κ1) is 20.4. The van der Waals surface area contributed by atoms with Crippen molar-refractivity contribution in [1.29, 1.82) is 0 Å². The van der Waals surface area contributed by atoms with Gasteiger partial charge in [-0.25, -0.2) is 0 Å². The lowest BCUT2D eigenvalue weighted by Gasteiger charge is -2.15. The zero-order valence-electron chi connectivity index (χ0n) is 15.9. The third kappa shape index (κ3) is 4.05. The van der Waals surface area contributed by atoms with Crippen molar-refractivity contribution in [3.63, 3.8) is 0 Å². The van der Waals surface area contributed by atoms with Crippen LogP contribution in [-0.4, -0.2) is 24.7 Å². The summed E-state index contributed by atoms with van der Waals surface area (Å²) in [5.74, 6) is 1.03. The number of benzene rings is 2. The summed E-state index contributed by atoms with van der Waals surface area (Å²) < 4.78 is 11.8. The van der Waals surface area contributed by atoms with Gasteiger partial charge in [0.05, 0.1) is 23.9 Å². The second-order valence-corrected chi connectivity index (χ2v) is 7.36. The molecular weight excluding hydrogens is 440 g/mol. The molecule has 0 unspecified atom stereocenters. The number of amides is 1. The summed E-state index contributed by atoms with van der Waals surface area (Å²) in [6, 6.07) is 11.5. The van der Waals surface area contributed by atoms with Gasteiger partial charge < -0.3 is 14.8 Å². The van der Waals surface area contributed by atoms with E-state index in [0.717, 1.165) is 27.7 Å². The topological polar surface area (TPSA) is 50.8 Å². The molecule has 1 amide bonds. The fourth-order valence-corrected chi connectivity index (χ4v) is 3.90. The van der Waals surface area contributed by atoms with Gasteiger partial charge in [0.1, 0.15) is 5.70 Å². The average molecular weight is 461 g/mol. The predicted octanol–water partition coefficient (Wildman–Crippen LogP) is 4.68. The molecule has 0 spiro atoms. The summed E-state index contributed by atoms with van der Waals surface area (Å²) in [7, 11) is 1.59. The van der Waals surface area contributed by atoms with Gasteiger partial charge in [-0.15, -0.1) is 0 Å². The van der Waals surface area contributed by atoms with Gasteiger partial charge in [-0.3, -0.25) is 9.69 Å². The number of thiocarbonyl (C=S) groups is 1. The molecule has 1 fully saturated rings. The molecular formula is C21H21BrN2O3S. The Hall–Kier alpha value is -2.38. The Labute approximate surface area is 178 Å². The number of anilines is 1. The van der Waals surface area contributed by atoms with Crippen LogP contribution in [-0.2, 0) is 11.2 Å². The van der Waals surface area contributed by atoms with Crippen LogP contribution in [0.4, 0.5) is 5.69 Å². The van der Waals surface area contributed by atoms with Crippen LogP contribution >= 0.6 is 28.1 Å². The molecule has 0 aliphatic carbocycles. The Balaban J connectivity index is 1.95. The Bertz CT molecular complexity index is 959. The first-order valence-electron chi connectivity index (χ1n) is 8.94. The van der Waals surface area contributed by atoms with Gasteiger partial charge in [0.15, 0.2) is 16.6 Å². The Morgan fingerprint density at radius 2 is 2.04 bits per heavy atom. The number of aryl methyl sites for hydroxylation is 1. The molecule has 0 atom stereocenters. The normalized spacial score (nSPS) is 15.1. The number of nitrogens with one attached hydrogen (secondary N) is 1. The van der Waals surface area contributed by atoms with Gasteiger partial charge in [0, 0.05) is 0 Å². The van der Waals surface area contributed by atoms with Crippen molar-refractivity contribution in [2.24, 2.45) is 0 Å². The summed E-state index contributed by atoms with van der Waals surface area (Å²) in [4.78, 5) is 14.5. The van der Waals surface area contributed by atoms with Gasteiger partial charge in [0.25, 0.3) is 5.91 Å². The highest BCUT2D eigenvalue weighted by molar-refractivity contribution is 9.10. The van der Waals surface area contributed by atoms with Gasteiger partial charge >= 0.3 is 0 Å². The molecule has 1 aliphatic rings. The molecule has 146 valence electrons. The smallest absolute Gasteiger partial charge is 0.281 e. The van der Waals surface area contributed by atoms with E-state index < -0.39 is 0 Å². The van der Waals surface area contributed by atoms with Crippen LogP contribution in [0.1, 0.15) is 25.0 Å². The van der Waals surface area contributed by atoms with Gasteiger partial charge in [0.2, 0.25) is 0 Å². The molecule has 2 aromatic carbocycles. The van der Waals surface area contributed by atoms with E-state index in [2.05, 4.69) is 28.2 Å². The molecule has 0 radical (unpaired) electrons. The second-order valence-electron chi connectivity index (χ2n) is 6.12. The monoisotopic (exact) mass is 460 g/mol. The number of hydrogen-bond acceptors (Lipinski definition) is 4. The van der Waals surface area contributed by atoms with E-state index in [9.17, 15) is 4.79 Å². The number of carbonyl (C=O) groups excluding carboxylic acids is 1. The van der Waals surface area contributed by atoms with Crippen molar-refractivity contribution < 1.29 is 14.3 Å². The number of carbonyl (C=O) groups is 1. The van der Waals surface area contributed by atoms with Crippen molar-refractivity contribution in [2.75, 3.05) is 18.6 Å². The van der Waals surface area contributed by atoms with Crippen molar-refractivity contribution in [2.45, 2.75) is 20.3 Å². The quantitative estimate of drug-likeness (QED) is 0.500. The Morgan fingerprint density at radius 3 is 2.71 bits per heavy atom. The van der Waals surface area contributed by atoms with Crippen molar-refractivity contribution in [1.82, 2.24) is 5.32 Å². The number of hydrogen-bond donors (Lipinski definition) is 1. The van der Waals surface area contributed by atoms with Crippen LogP contribution in [0, 0.1) is 0 Å². The van der Waals surface area contributed by atoms with Crippen molar-refractivity contribution >= 4 is 50.9 Å². The van der Waals surface area contributed by atoms with E-state index >= 15 is 0 Å². The number of ether oxygens (including phenoxy) is 2. The van der Waals surface area contributed by atoms with Crippen LogP contribution in [0.15, 0.2) is 46.6 Å².